The van der Waals surface area contributed by atoms with E-state index in [-0.39, 0.29) is 0 Å². The second-order valence-corrected chi connectivity index (χ2v) is 5.40. The monoisotopic (exact) mass is 263 g/mol. The Morgan fingerprint density at radius 2 is 2.05 bits per heavy atom. The van der Waals surface area contributed by atoms with Crippen LogP contribution in [-0.2, 0) is 22.6 Å². The summed E-state index contributed by atoms with van der Waals surface area (Å²) >= 11 is 0. The standard InChI is InChI=1S/C16H25NO2/c1-13(16-4-3-9-19-12-16)17-10-14-5-7-15(8-6-14)11-18-2/h5-8,13,16-17H,3-4,9-12H2,1-2H3/t13-,16-/m1/s1. The van der Waals surface area contributed by atoms with E-state index in [9.17, 15) is 0 Å². The topological polar surface area (TPSA) is 30.5 Å². The van der Waals surface area contributed by atoms with Gasteiger partial charge in [-0.1, -0.05) is 24.3 Å². The first kappa shape index (κ1) is 14.5. The molecular formula is C16H25NO2. The fourth-order valence-electron chi connectivity index (χ4n) is 2.53. The van der Waals surface area contributed by atoms with Gasteiger partial charge in [-0.25, -0.2) is 0 Å². The van der Waals surface area contributed by atoms with Crippen LogP contribution in [0.4, 0.5) is 0 Å². The van der Waals surface area contributed by atoms with E-state index in [0.29, 0.717) is 18.6 Å². The van der Waals surface area contributed by atoms with Crippen molar-refractivity contribution in [2.45, 2.75) is 39.0 Å². The highest BCUT2D eigenvalue weighted by Crippen LogP contribution is 2.17. The summed E-state index contributed by atoms with van der Waals surface area (Å²) in [5.41, 5.74) is 2.54. The van der Waals surface area contributed by atoms with Gasteiger partial charge in [-0.05, 0) is 36.8 Å². The third-order valence-electron chi connectivity index (χ3n) is 3.86. The van der Waals surface area contributed by atoms with E-state index in [1.807, 2.05) is 0 Å². The van der Waals surface area contributed by atoms with E-state index in [1.54, 1.807) is 7.11 Å². The summed E-state index contributed by atoms with van der Waals surface area (Å²) in [7, 11) is 1.73. The minimum Gasteiger partial charge on any atom is -0.381 e. The zero-order chi connectivity index (χ0) is 13.5. The molecule has 0 aromatic heterocycles. The zero-order valence-electron chi connectivity index (χ0n) is 12.0. The average Bonchev–Trinajstić information content (AvgIpc) is 2.47. The van der Waals surface area contributed by atoms with Gasteiger partial charge in [-0.3, -0.25) is 0 Å². The first-order valence-corrected chi connectivity index (χ1v) is 7.17. The second kappa shape index (κ2) is 7.63. The minimum absolute atomic E-state index is 0.513. The number of benzene rings is 1. The molecule has 0 radical (unpaired) electrons. The lowest BCUT2D eigenvalue weighted by Crippen LogP contribution is -2.37. The molecule has 1 fully saturated rings. The molecule has 1 aromatic rings. The maximum atomic E-state index is 5.54. The maximum absolute atomic E-state index is 5.54. The fraction of sp³-hybridized carbons (Fsp3) is 0.625. The number of nitrogens with one attached hydrogen (secondary N) is 1. The number of ether oxygens (including phenoxy) is 2. The average molecular weight is 263 g/mol. The Balaban J connectivity index is 1.77. The van der Waals surface area contributed by atoms with Crippen LogP contribution < -0.4 is 5.32 Å². The molecule has 19 heavy (non-hydrogen) atoms. The van der Waals surface area contributed by atoms with Crippen LogP contribution in [0.1, 0.15) is 30.9 Å². The van der Waals surface area contributed by atoms with Crippen LogP contribution in [0.15, 0.2) is 24.3 Å². The highest BCUT2D eigenvalue weighted by molar-refractivity contribution is 5.21. The first-order valence-electron chi connectivity index (χ1n) is 7.17. The number of hydrogen-bond acceptors (Lipinski definition) is 3. The predicted molar refractivity (Wildman–Crippen MR) is 77.0 cm³/mol. The van der Waals surface area contributed by atoms with Crippen LogP contribution in [0.3, 0.4) is 0 Å². The molecule has 1 heterocycles. The lowest BCUT2D eigenvalue weighted by atomic mass is 9.95. The molecule has 1 saturated heterocycles. The Kier molecular flexibility index (Phi) is 5.83. The van der Waals surface area contributed by atoms with Crippen molar-refractivity contribution in [2.24, 2.45) is 5.92 Å². The van der Waals surface area contributed by atoms with Crippen molar-refractivity contribution in [1.82, 2.24) is 5.32 Å². The number of rotatable bonds is 6. The van der Waals surface area contributed by atoms with Gasteiger partial charge in [0.15, 0.2) is 0 Å². The van der Waals surface area contributed by atoms with Gasteiger partial charge in [0.25, 0.3) is 0 Å². The molecule has 0 aliphatic carbocycles. The molecule has 0 saturated carbocycles. The molecule has 1 aliphatic rings. The molecule has 106 valence electrons. The molecule has 3 heteroatoms. The van der Waals surface area contributed by atoms with E-state index < -0.39 is 0 Å². The van der Waals surface area contributed by atoms with Crippen molar-refractivity contribution >= 4 is 0 Å². The molecule has 1 N–H and O–H groups in total. The van der Waals surface area contributed by atoms with Gasteiger partial charge in [0, 0.05) is 26.3 Å². The number of methoxy groups -OCH3 is 1. The Labute approximate surface area is 116 Å². The largest absolute Gasteiger partial charge is 0.381 e. The number of hydrogen-bond donors (Lipinski definition) is 1. The molecule has 0 spiro atoms. The van der Waals surface area contributed by atoms with E-state index in [4.69, 9.17) is 9.47 Å². The zero-order valence-corrected chi connectivity index (χ0v) is 12.0. The fourth-order valence-corrected chi connectivity index (χ4v) is 2.53. The summed E-state index contributed by atoms with van der Waals surface area (Å²) in [6.45, 7) is 5.71. The normalized spacial score (nSPS) is 21.3. The molecule has 0 unspecified atom stereocenters. The van der Waals surface area contributed by atoms with Gasteiger partial charge in [-0.2, -0.15) is 0 Å². The smallest absolute Gasteiger partial charge is 0.0713 e. The third-order valence-corrected chi connectivity index (χ3v) is 3.86. The van der Waals surface area contributed by atoms with Crippen LogP contribution in [0.2, 0.25) is 0 Å². The second-order valence-electron chi connectivity index (χ2n) is 5.40. The highest BCUT2D eigenvalue weighted by atomic mass is 16.5. The Morgan fingerprint density at radius 1 is 1.32 bits per heavy atom. The van der Waals surface area contributed by atoms with Gasteiger partial charge in [0.2, 0.25) is 0 Å². The molecule has 1 aromatic carbocycles. The van der Waals surface area contributed by atoms with Crippen molar-refractivity contribution < 1.29 is 9.47 Å². The van der Waals surface area contributed by atoms with Crippen molar-refractivity contribution in [3.05, 3.63) is 35.4 Å². The minimum atomic E-state index is 0.513. The summed E-state index contributed by atoms with van der Waals surface area (Å²) in [6.07, 6.45) is 2.48. The SMILES string of the molecule is COCc1ccc(CN[C@H](C)[C@@H]2CCCOC2)cc1. The lowest BCUT2D eigenvalue weighted by Gasteiger charge is -2.28. The lowest BCUT2D eigenvalue weighted by molar-refractivity contribution is 0.0417. The Morgan fingerprint density at radius 3 is 2.68 bits per heavy atom. The molecule has 0 bridgehead atoms. The molecule has 2 rings (SSSR count). The van der Waals surface area contributed by atoms with Crippen LogP contribution in [0.25, 0.3) is 0 Å². The van der Waals surface area contributed by atoms with Crippen LogP contribution in [0.5, 0.6) is 0 Å². The van der Waals surface area contributed by atoms with E-state index in [2.05, 4.69) is 36.5 Å². The maximum Gasteiger partial charge on any atom is 0.0713 e. The summed E-state index contributed by atoms with van der Waals surface area (Å²) in [4.78, 5) is 0. The van der Waals surface area contributed by atoms with Crippen LogP contribution >= 0.6 is 0 Å². The Hall–Kier alpha value is -0.900. The molecule has 0 amide bonds. The van der Waals surface area contributed by atoms with Gasteiger partial charge in [-0.15, -0.1) is 0 Å². The summed E-state index contributed by atoms with van der Waals surface area (Å²) in [5.74, 6) is 0.654. The van der Waals surface area contributed by atoms with E-state index >= 15 is 0 Å². The third kappa shape index (κ3) is 4.60. The molecule has 3 nitrogen and oxygen atoms in total. The van der Waals surface area contributed by atoms with E-state index in [0.717, 1.165) is 19.8 Å². The summed E-state index contributed by atoms with van der Waals surface area (Å²) in [6, 6.07) is 9.12. The van der Waals surface area contributed by atoms with Crippen LogP contribution in [-0.4, -0.2) is 26.4 Å². The molecular weight excluding hydrogens is 238 g/mol. The highest BCUT2D eigenvalue weighted by Gasteiger charge is 2.19. The van der Waals surface area contributed by atoms with Gasteiger partial charge in [0.1, 0.15) is 0 Å². The molecule has 1 aliphatic heterocycles. The van der Waals surface area contributed by atoms with Gasteiger partial charge >= 0.3 is 0 Å². The van der Waals surface area contributed by atoms with E-state index in [1.165, 1.54) is 24.0 Å². The Bertz CT molecular complexity index is 358. The van der Waals surface area contributed by atoms with Crippen molar-refractivity contribution in [3.63, 3.8) is 0 Å². The quantitative estimate of drug-likeness (QED) is 0.856. The van der Waals surface area contributed by atoms with Gasteiger partial charge < -0.3 is 14.8 Å². The van der Waals surface area contributed by atoms with Crippen molar-refractivity contribution in [3.8, 4) is 0 Å². The summed E-state index contributed by atoms with van der Waals surface area (Å²) < 4.78 is 10.7. The first-order chi connectivity index (χ1) is 9.29. The van der Waals surface area contributed by atoms with Crippen LogP contribution in [0, 0.1) is 5.92 Å². The summed E-state index contributed by atoms with van der Waals surface area (Å²) in [5, 5.41) is 3.61. The van der Waals surface area contributed by atoms with Crippen molar-refractivity contribution in [2.75, 3.05) is 20.3 Å². The van der Waals surface area contributed by atoms with Gasteiger partial charge in [0.05, 0.1) is 13.2 Å². The predicted octanol–water partition coefficient (Wildman–Crippen LogP) is 2.74. The van der Waals surface area contributed by atoms with Crippen molar-refractivity contribution in [1.29, 1.82) is 0 Å². The molecule has 2 atom stereocenters.